The Hall–Kier alpha value is -4.41. The highest BCUT2D eigenvalue weighted by molar-refractivity contribution is 6.04. The average molecular weight is 456 g/mol. The van der Waals surface area contributed by atoms with Crippen LogP contribution < -0.4 is 10.1 Å². The third-order valence-electron chi connectivity index (χ3n) is 4.82. The number of methoxy groups -OCH3 is 1. The molecule has 0 bridgehead atoms. The highest BCUT2D eigenvalue weighted by Gasteiger charge is 2.39. The fraction of sp³-hybridized carbons (Fsp3) is 0.0909. The van der Waals surface area contributed by atoms with Crippen molar-refractivity contribution in [1.82, 2.24) is 9.55 Å². The third kappa shape index (κ3) is 4.20. The van der Waals surface area contributed by atoms with Crippen molar-refractivity contribution in [2.24, 2.45) is 0 Å². The molecule has 1 aromatic heterocycles. The number of amides is 1. The topological polar surface area (TPSA) is 99.3 Å². The summed E-state index contributed by atoms with van der Waals surface area (Å²) in [5.41, 5.74) is -0.652. The van der Waals surface area contributed by atoms with E-state index in [4.69, 9.17) is 4.74 Å². The Balaban J connectivity index is 1.85. The van der Waals surface area contributed by atoms with Crippen molar-refractivity contribution in [2.45, 2.75) is 6.18 Å². The molecule has 0 saturated heterocycles. The van der Waals surface area contributed by atoms with Gasteiger partial charge >= 0.3 is 6.18 Å². The Labute approximate surface area is 184 Å². The Morgan fingerprint density at radius 3 is 2.45 bits per heavy atom. The molecule has 0 atom stereocenters. The molecule has 0 aliphatic carbocycles. The average Bonchev–Trinajstić information content (AvgIpc) is 3.18. The van der Waals surface area contributed by atoms with Gasteiger partial charge in [0.15, 0.2) is 0 Å². The van der Waals surface area contributed by atoms with Gasteiger partial charge in [-0.2, -0.15) is 13.2 Å². The van der Waals surface area contributed by atoms with Gasteiger partial charge in [-0.25, -0.2) is 4.98 Å². The summed E-state index contributed by atoms with van der Waals surface area (Å²) in [6.07, 6.45) is -4.89. The van der Waals surface area contributed by atoms with Crippen molar-refractivity contribution in [1.29, 1.82) is 0 Å². The van der Waals surface area contributed by atoms with Crippen molar-refractivity contribution in [3.8, 4) is 11.4 Å². The van der Waals surface area contributed by atoms with E-state index in [1.165, 1.54) is 31.4 Å². The molecule has 1 N–H and O–H groups in total. The number of nitrogens with zero attached hydrogens (tertiary/aromatic N) is 3. The lowest BCUT2D eigenvalue weighted by Crippen LogP contribution is -2.15. The van der Waals surface area contributed by atoms with Gasteiger partial charge in [-0.1, -0.05) is 18.2 Å². The second-order valence-corrected chi connectivity index (χ2v) is 6.90. The first-order valence-corrected chi connectivity index (χ1v) is 9.48. The number of anilines is 1. The number of carbonyl (C=O) groups excluding carboxylic acids is 1. The number of carbonyl (C=O) groups is 1. The summed E-state index contributed by atoms with van der Waals surface area (Å²) in [6, 6.07) is 15.6. The van der Waals surface area contributed by atoms with Crippen molar-refractivity contribution in [3.63, 3.8) is 0 Å². The number of alkyl halides is 3. The zero-order valence-electron chi connectivity index (χ0n) is 17.0. The molecule has 0 fully saturated rings. The summed E-state index contributed by atoms with van der Waals surface area (Å²) in [5.74, 6) is -1.56. The van der Waals surface area contributed by atoms with Crippen LogP contribution in [0.2, 0.25) is 0 Å². The van der Waals surface area contributed by atoms with Crippen LogP contribution in [0, 0.1) is 10.1 Å². The molecule has 0 radical (unpaired) electrons. The Kier molecular flexibility index (Phi) is 5.46. The maximum absolute atomic E-state index is 13.8. The summed E-state index contributed by atoms with van der Waals surface area (Å²) in [6.45, 7) is 0. The SMILES string of the molecule is COc1ccc2c(c1)nc(C(F)(F)F)n2-c1ccc(NC(=O)c2ccccc2)cc1[N+](=O)[O-]. The normalized spacial score (nSPS) is 11.4. The lowest BCUT2D eigenvalue weighted by atomic mass is 10.2. The predicted molar refractivity (Wildman–Crippen MR) is 114 cm³/mol. The van der Waals surface area contributed by atoms with Crippen LogP contribution in [0.3, 0.4) is 0 Å². The van der Waals surface area contributed by atoms with E-state index in [9.17, 15) is 28.1 Å². The molecule has 0 unspecified atom stereocenters. The van der Waals surface area contributed by atoms with Gasteiger partial charge in [0, 0.05) is 23.4 Å². The molecule has 0 aliphatic rings. The van der Waals surface area contributed by atoms with Crippen LogP contribution in [0.25, 0.3) is 16.7 Å². The summed E-state index contributed by atoms with van der Waals surface area (Å²) in [7, 11) is 1.36. The van der Waals surface area contributed by atoms with Gasteiger partial charge in [-0.05, 0) is 36.4 Å². The number of nitro groups is 1. The Morgan fingerprint density at radius 2 is 1.82 bits per heavy atom. The summed E-state index contributed by atoms with van der Waals surface area (Å²) < 4.78 is 47.1. The Morgan fingerprint density at radius 1 is 1.09 bits per heavy atom. The van der Waals surface area contributed by atoms with Crippen LogP contribution in [0.15, 0.2) is 66.7 Å². The van der Waals surface area contributed by atoms with E-state index in [0.29, 0.717) is 10.1 Å². The first-order valence-electron chi connectivity index (χ1n) is 9.48. The second-order valence-electron chi connectivity index (χ2n) is 6.90. The van der Waals surface area contributed by atoms with Crippen molar-refractivity contribution in [2.75, 3.05) is 12.4 Å². The maximum atomic E-state index is 13.8. The molecular formula is C22H15F3N4O4. The number of halogens is 3. The minimum Gasteiger partial charge on any atom is -0.497 e. The minimum atomic E-state index is -4.89. The van der Waals surface area contributed by atoms with Gasteiger partial charge in [-0.15, -0.1) is 0 Å². The van der Waals surface area contributed by atoms with Crippen LogP contribution in [0.1, 0.15) is 16.2 Å². The lowest BCUT2D eigenvalue weighted by molar-refractivity contribution is -0.384. The van der Waals surface area contributed by atoms with E-state index in [0.717, 1.165) is 12.1 Å². The smallest absolute Gasteiger partial charge is 0.450 e. The van der Waals surface area contributed by atoms with Gasteiger partial charge in [0.25, 0.3) is 11.6 Å². The number of aromatic nitrogens is 2. The molecule has 4 rings (SSSR count). The van der Waals surface area contributed by atoms with E-state index < -0.39 is 28.5 Å². The number of nitro benzene ring substituents is 1. The molecular weight excluding hydrogens is 441 g/mol. The number of rotatable bonds is 5. The van der Waals surface area contributed by atoms with Crippen LogP contribution in [0.4, 0.5) is 24.5 Å². The largest absolute Gasteiger partial charge is 0.497 e. The molecule has 168 valence electrons. The zero-order chi connectivity index (χ0) is 23.8. The first kappa shape index (κ1) is 21.8. The molecule has 33 heavy (non-hydrogen) atoms. The lowest BCUT2D eigenvalue weighted by Gasteiger charge is -2.13. The highest BCUT2D eigenvalue weighted by Crippen LogP contribution is 2.38. The molecule has 1 heterocycles. The van der Waals surface area contributed by atoms with Crippen LogP contribution in [-0.2, 0) is 6.18 Å². The van der Waals surface area contributed by atoms with Crippen LogP contribution >= 0.6 is 0 Å². The molecule has 0 aliphatic heterocycles. The molecule has 1 amide bonds. The van der Waals surface area contributed by atoms with Gasteiger partial charge in [0.2, 0.25) is 5.82 Å². The number of hydrogen-bond donors (Lipinski definition) is 1. The van der Waals surface area contributed by atoms with Gasteiger partial charge in [0.1, 0.15) is 11.4 Å². The highest BCUT2D eigenvalue weighted by atomic mass is 19.4. The first-order chi connectivity index (χ1) is 15.7. The van der Waals surface area contributed by atoms with Gasteiger partial charge < -0.3 is 10.1 Å². The second kappa shape index (κ2) is 8.26. The molecule has 0 saturated carbocycles. The number of hydrogen-bond acceptors (Lipinski definition) is 5. The number of benzene rings is 3. The van der Waals surface area contributed by atoms with E-state index in [1.54, 1.807) is 30.3 Å². The van der Waals surface area contributed by atoms with E-state index in [2.05, 4.69) is 10.3 Å². The van der Waals surface area contributed by atoms with E-state index in [1.807, 2.05) is 0 Å². The van der Waals surface area contributed by atoms with Crippen molar-refractivity contribution < 1.29 is 27.6 Å². The summed E-state index contributed by atoms with van der Waals surface area (Å²) in [5, 5.41) is 14.3. The number of ether oxygens (including phenoxy) is 1. The molecule has 4 aromatic rings. The van der Waals surface area contributed by atoms with Crippen LogP contribution in [-0.4, -0.2) is 27.5 Å². The zero-order valence-corrected chi connectivity index (χ0v) is 17.0. The molecule has 0 spiro atoms. The standard InChI is InChI=1S/C22H15F3N4O4/c1-33-15-8-10-17-16(12-15)27-21(22(23,24)25)28(17)18-9-7-14(11-19(18)29(31)32)26-20(30)13-5-3-2-4-6-13/h2-12H,1H3,(H,26,30). The number of imidazole rings is 1. The van der Waals surface area contributed by atoms with E-state index in [-0.39, 0.29) is 28.2 Å². The molecule has 8 nitrogen and oxygen atoms in total. The van der Waals surface area contributed by atoms with Crippen LogP contribution in [0.5, 0.6) is 5.75 Å². The maximum Gasteiger partial charge on any atom is 0.450 e. The number of fused-ring (bicyclic) bond motifs is 1. The van der Waals surface area contributed by atoms with Gasteiger partial charge in [0.05, 0.1) is 23.1 Å². The van der Waals surface area contributed by atoms with Crippen molar-refractivity contribution >= 4 is 28.3 Å². The number of nitrogens with one attached hydrogen (secondary N) is 1. The minimum absolute atomic E-state index is 0.00676. The quantitative estimate of drug-likeness (QED) is 0.328. The Bertz CT molecular complexity index is 1370. The van der Waals surface area contributed by atoms with Gasteiger partial charge in [-0.3, -0.25) is 19.5 Å². The predicted octanol–water partition coefficient (Wildman–Crippen LogP) is 5.21. The van der Waals surface area contributed by atoms with Crippen molar-refractivity contribution in [3.05, 3.63) is 88.2 Å². The summed E-state index contributed by atoms with van der Waals surface area (Å²) >= 11 is 0. The monoisotopic (exact) mass is 456 g/mol. The third-order valence-corrected chi connectivity index (χ3v) is 4.82. The molecule has 3 aromatic carbocycles. The molecule has 11 heteroatoms. The van der Waals surface area contributed by atoms with E-state index >= 15 is 0 Å². The summed E-state index contributed by atoms with van der Waals surface area (Å²) in [4.78, 5) is 27.0. The fourth-order valence-electron chi connectivity index (χ4n) is 3.35. The fourth-order valence-corrected chi connectivity index (χ4v) is 3.35.